The fraction of sp³-hybridized carbons (Fsp3) is 0.389. The quantitative estimate of drug-likeness (QED) is 0.740. The van der Waals surface area contributed by atoms with E-state index in [-0.39, 0.29) is 0 Å². The average molecular weight is 268 g/mol. The maximum absolute atomic E-state index is 4.45. The molecule has 2 heteroatoms. The van der Waals surface area contributed by atoms with Crippen LogP contribution in [0.4, 0.5) is 0 Å². The van der Waals surface area contributed by atoms with Crippen LogP contribution in [0, 0.1) is 0 Å². The Kier molecular flexibility index (Phi) is 5.31. The third-order valence-electron chi connectivity index (χ3n) is 3.56. The van der Waals surface area contributed by atoms with E-state index in [1.807, 2.05) is 12.3 Å². The summed E-state index contributed by atoms with van der Waals surface area (Å²) in [6.45, 7) is 9.36. The molecule has 2 aromatic rings. The summed E-state index contributed by atoms with van der Waals surface area (Å²) in [7, 11) is 0. The Morgan fingerprint density at radius 3 is 2.85 bits per heavy atom. The zero-order valence-electron chi connectivity index (χ0n) is 12.5. The molecule has 0 spiro atoms. The highest BCUT2D eigenvalue weighted by Gasteiger charge is 2.13. The first-order valence-corrected chi connectivity index (χ1v) is 7.43. The number of nitrogens with one attached hydrogen (secondary N) is 1. The molecule has 0 aliphatic carbocycles. The number of hydrogen-bond acceptors (Lipinski definition) is 2. The lowest BCUT2D eigenvalue weighted by molar-refractivity contribution is 0.501. The molecule has 0 bridgehead atoms. The molecule has 0 radical (unpaired) electrons. The fourth-order valence-electron chi connectivity index (χ4n) is 2.50. The van der Waals surface area contributed by atoms with Gasteiger partial charge in [-0.1, -0.05) is 30.7 Å². The van der Waals surface area contributed by atoms with E-state index in [2.05, 4.69) is 55.0 Å². The third-order valence-corrected chi connectivity index (χ3v) is 3.56. The first kappa shape index (κ1) is 14.7. The van der Waals surface area contributed by atoms with Crippen LogP contribution in [0.1, 0.15) is 44.7 Å². The van der Waals surface area contributed by atoms with E-state index in [4.69, 9.17) is 0 Å². The van der Waals surface area contributed by atoms with Crippen molar-refractivity contribution in [2.24, 2.45) is 0 Å². The Morgan fingerprint density at radius 2 is 2.10 bits per heavy atom. The monoisotopic (exact) mass is 268 g/mol. The second kappa shape index (κ2) is 7.20. The number of benzene rings is 1. The van der Waals surface area contributed by atoms with Crippen LogP contribution < -0.4 is 5.32 Å². The zero-order valence-corrected chi connectivity index (χ0v) is 12.5. The van der Waals surface area contributed by atoms with Gasteiger partial charge >= 0.3 is 0 Å². The van der Waals surface area contributed by atoms with Gasteiger partial charge in [0.05, 0.1) is 5.52 Å². The van der Waals surface area contributed by atoms with Crippen molar-refractivity contribution in [1.82, 2.24) is 10.3 Å². The van der Waals surface area contributed by atoms with Crippen LogP contribution in [0.25, 0.3) is 10.9 Å². The minimum absolute atomic E-state index is 0.375. The summed E-state index contributed by atoms with van der Waals surface area (Å²) in [4.78, 5) is 4.45. The molecule has 1 heterocycles. The standard InChI is InChI=1S/C18H24N2/c1-4-12-19-18(10-9-14(2)3)16-11-13-20-17-8-6-5-7-15(16)17/h5-8,11,13,18-19H,2,4,9-10,12H2,1,3H3. The van der Waals surface area contributed by atoms with Gasteiger partial charge in [-0.15, -0.1) is 6.58 Å². The summed E-state index contributed by atoms with van der Waals surface area (Å²) in [6.07, 6.45) is 5.20. The van der Waals surface area contributed by atoms with Gasteiger partial charge in [-0.2, -0.15) is 0 Å². The average Bonchev–Trinajstić information content (AvgIpc) is 2.47. The Hall–Kier alpha value is -1.67. The molecule has 0 saturated carbocycles. The van der Waals surface area contributed by atoms with Crippen molar-refractivity contribution in [3.8, 4) is 0 Å². The maximum atomic E-state index is 4.45. The van der Waals surface area contributed by atoms with E-state index in [0.29, 0.717) is 6.04 Å². The number of para-hydroxylation sites is 1. The number of fused-ring (bicyclic) bond motifs is 1. The zero-order chi connectivity index (χ0) is 14.4. The molecule has 2 nitrogen and oxygen atoms in total. The summed E-state index contributed by atoms with van der Waals surface area (Å²) in [5.41, 5.74) is 3.67. The van der Waals surface area contributed by atoms with Gasteiger partial charge in [-0.25, -0.2) is 0 Å². The van der Waals surface area contributed by atoms with Gasteiger partial charge in [0.2, 0.25) is 0 Å². The minimum atomic E-state index is 0.375. The van der Waals surface area contributed by atoms with Crippen LogP contribution in [0.3, 0.4) is 0 Å². The van der Waals surface area contributed by atoms with Crippen LogP contribution in [0.15, 0.2) is 48.7 Å². The summed E-state index contributed by atoms with van der Waals surface area (Å²) in [6, 6.07) is 10.9. The SMILES string of the molecule is C=C(C)CCC(NCCC)c1ccnc2ccccc12. The van der Waals surface area contributed by atoms with Gasteiger partial charge in [0.1, 0.15) is 0 Å². The Balaban J connectivity index is 2.31. The van der Waals surface area contributed by atoms with Gasteiger partial charge in [0.15, 0.2) is 0 Å². The first-order chi connectivity index (χ1) is 9.72. The predicted molar refractivity (Wildman–Crippen MR) is 86.8 cm³/mol. The Labute approximate surface area is 121 Å². The molecule has 1 N–H and O–H groups in total. The molecule has 106 valence electrons. The molecule has 1 aromatic heterocycles. The van der Waals surface area contributed by atoms with E-state index in [0.717, 1.165) is 31.3 Å². The van der Waals surface area contributed by atoms with Crippen LogP contribution in [0.2, 0.25) is 0 Å². The van der Waals surface area contributed by atoms with Crippen LogP contribution >= 0.6 is 0 Å². The number of hydrogen-bond donors (Lipinski definition) is 1. The third kappa shape index (κ3) is 3.67. The highest BCUT2D eigenvalue weighted by atomic mass is 14.9. The van der Waals surface area contributed by atoms with Gasteiger partial charge in [0.25, 0.3) is 0 Å². The van der Waals surface area contributed by atoms with Crippen molar-refractivity contribution in [2.45, 2.75) is 39.2 Å². The fourth-order valence-corrected chi connectivity index (χ4v) is 2.50. The molecule has 0 fully saturated rings. The molecular weight excluding hydrogens is 244 g/mol. The van der Waals surface area contributed by atoms with Gasteiger partial charge in [0, 0.05) is 17.6 Å². The second-order valence-electron chi connectivity index (χ2n) is 5.42. The number of allylic oxidation sites excluding steroid dienone is 1. The lowest BCUT2D eigenvalue weighted by Gasteiger charge is -2.20. The number of nitrogens with zero attached hydrogens (tertiary/aromatic N) is 1. The smallest absolute Gasteiger partial charge is 0.0705 e. The van der Waals surface area contributed by atoms with Crippen molar-refractivity contribution in [1.29, 1.82) is 0 Å². The van der Waals surface area contributed by atoms with Gasteiger partial charge in [-0.3, -0.25) is 4.98 Å². The Bertz CT molecular complexity index is 569. The normalized spacial score (nSPS) is 12.5. The highest BCUT2D eigenvalue weighted by molar-refractivity contribution is 5.82. The topological polar surface area (TPSA) is 24.9 Å². The maximum Gasteiger partial charge on any atom is 0.0705 e. The molecule has 1 unspecified atom stereocenters. The van der Waals surface area contributed by atoms with Crippen molar-refractivity contribution >= 4 is 10.9 Å². The van der Waals surface area contributed by atoms with E-state index < -0.39 is 0 Å². The molecular formula is C18H24N2. The number of pyridine rings is 1. The highest BCUT2D eigenvalue weighted by Crippen LogP contribution is 2.26. The predicted octanol–water partition coefficient (Wildman–Crippen LogP) is 4.63. The number of aromatic nitrogens is 1. The Morgan fingerprint density at radius 1 is 1.30 bits per heavy atom. The molecule has 0 aliphatic rings. The van der Waals surface area contributed by atoms with E-state index in [9.17, 15) is 0 Å². The van der Waals surface area contributed by atoms with Gasteiger partial charge in [-0.05, 0) is 50.4 Å². The molecule has 1 aromatic carbocycles. The number of rotatable bonds is 7. The van der Waals surface area contributed by atoms with E-state index in [1.54, 1.807) is 0 Å². The van der Waals surface area contributed by atoms with Crippen molar-refractivity contribution in [3.05, 3.63) is 54.2 Å². The van der Waals surface area contributed by atoms with Crippen LogP contribution in [0.5, 0.6) is 0 Å². The lowest BCUT2D eigenvalue weighted by atomic mass is 9.96. The van der Waals surface area contributed by atoms with Crippen molar-refractivity contribution < 1.29 is 0 Å². The van der Waals surface area contributed by atoms with Crippen LogP contribution in [-0.2, 0) is 0 Å². The molecule has 0 aliphatic heterocycles. The molecule has 0 amide bonds. The molecule has 0 saturated heterocycles. The molecule has 2 rings (SSSR count). The second-order valence-corrected chi connectivity index (χ2v) is 5.42. The summed E-state index contributed by atoms with van der Waals surface area (Å²) in [5, 5.41) is 4.92. The van der Waals surface area contributed by atoms with E-state index in [1.165, 1.54) is 16.5 Å². The minimum Gasteiger partial charge on any atom is -0.310 e. The lowest BCUT2D eigenvalue weighted by Crippen LogP contribution is -2.22. The van der Waals surface area contributed by atoms with Crippen LogP contribution in [-0.4, -0.2) is 11.5 Å². The van der Waals surface area contributed by atoms with E-state index >= 15 is 0 Å². The summed E-state index contributed by atoms with van der Waals surface area (Å²) < 4.78 is 0. The molecule has 20 heavy (non-hydrogen) atoms. The summed E-state index contributed by atoms with van der Waals surface area (Å²) in [5.74, 6) is 0. The van der Waals surface area contributed by atoms with Gasteiger partial charge < -0.3 is 5.32 Å². The molecule has 1 atom stereocenters. The first-order valence-electron chi connectivity index (χ1n) is 7.43. The van der Waals surface area contributed by atoms with Crippen molar-refractivity contribution in [3.63, 3.8) is 0 Å². The van der Waals surface area contributed by atoms with Crippen molar-refractivity contribution in [2.75, 3.05) is 6.54 Å². The largest absolute Gasteiger partial charge is 0.310 e. The summed E-state index contributed by atoms with van der Waals surface area (Å²) >= 11 is 0.